The predicted octanol–water partition coefficient (Wildman–Crippen LogP) is 2.97. The number of hydrogen-bond donors (Lipinski definition) is 0. The highest BCUT2D eigenvalue weighted by Crippen LogP contribution is 2.27. The average Bonchev–Trinajstić information content (AvgIpc) is 3.30. The monoisotopic (exact) mass is 550 g/mol. The molecule has 2 heterocycles. The number of esters is 2. The lowest BCUT2D eigenvalue weighted by Crippen LogP contribution is -2.40. The van der Waals surface area contributed by atoms with E-state index in [0.717, 1.165) is 9.80 Å². The number of imide groups is 2. The number of fused-ring (bicyclic) bond motifs is 2. The number of amides is 4. The Morgan fingerprint density at radius 2 is 1.23 bits per heavy atom. The summed E-state index contributed by atoms with van der Waals surface area (Å²) in [6, 6.07) is 7.71. The molecule has 0 bridgehead atoms. The van der Waals surface area contributed by atoms with Crippen molar-refractivity contribution in [3.05, 3.63) is 69.8 Å². The second-order valence-electron chi connectivity index (χ2n) is 10.3. The third kappa shape index (κ3) is 5.50. The molecule has 2 aliphatic rings. The fourth-order valence-corrected chi connectivity index (χ4v) is 4.38. The van der Waals surface area contributed by atoms with E-state index in [1.54, 1.807) is 6.92 Å². The molecule has 0 fully saturated rings. The molecule has 2 atom stereocenters. The van der Waals surface area contributed by atoms with Crippen LogP contribution in [0.15, 0.2) is 36.4 Å². The first kappa shape index (κ1) is 28.6. The summed E-state index contributed by atoms with van der Waals surface area (Å²) < 4.78 is 16.2. The van der Waals surface area contributed by atoms with Gasteiger partial charge < -0.3 is 14.2 Å². The van der Waals surface area contributed by atoms with Gasteiger partial charge in [-0.2, -0.15) is 0 Å². The number of carbonyl (C=O) groups is 6. The van der Waals surface area contributed by atoms with Crippen molar-refractivity contribution in [1.82, 2.24) is 9.80 Å². The topological polar surface area (TPSA) is 137 Å². The van der Waals surface area contributed by atoms with E-state index in [1.165, 1.54) is 50.4 Å². The van der Waals surface area contributed by atoms with Gasteiger partial charge in [0.2, 0.25) is 0 Å². The zero-order valence-electron chi connectivity index (χ0n) is 22.9. The Kier molecular flexibility index (Phi) is 8.15. The van der Waals surface area contributed by atoms with Crippen molar-refractivity contribution in [3.8, 4) is 0 Å². The number of ether oxygens (including phenoxy) is 3. The molecule has 0 aromatic heterocycles. The van der Waals surface area contributed by atoms with Crippen LogP contribution in [0, 0.1) is 5.92 Å². The number of hydrogen-bond acceptors (Lipinski definition) is 9. The van der Waals surface area contributed by atoms with E-state index in [9.17, 15) is 28.8 Å². The Morgan fingerprint density at radius 1 is 0.700 bits per heavy atom. The van der Waals surface area contributed by atoms with Crippen LogP contribution < -0.4 is 0 Å². The molecule has 2 aromatic carbocycles. The third-order valence-corrected chi connectivity index (χ3v) is 6.49. The Labute approximate surface area is 231 Å². The van der Waals surface area contributed by atoms with Gasteiger partial charge >= 0.3 is 11.9 Å². The SMILES string of the molecule is CC(C)COCC(C)N1C(=O)c2ccc(C(=O)OCC(C)OC(=O)c3ccc4c(c3)C(=O)N(C)C4=O)cc2C1=O. The summed E-state index contributed by atoms with van der Waals surface area (Å²) in [6.45, 7) is 7.66. The van der Waals surface area contributed by atoms with E-state index in [0.29, 0.717) is 12.5 Å². The molecule has 40 heavy (non-hydrogen) atoms. The lowest BCUT2D eigenvalue weighted by Gasteiger charge is -2.22. The summed E-state index contributed by atoms with van der Waals surface area (Å²) in [7, 11) is 1.36. The van der Waals surface area contributed by atoms with Gasteiger partial charge in [0, 0.05) is 13.7 Å². The summed E-state index contributed by atoms with van der Waals surface area (Å²) in [5, 5.41) is 0. The molecule has 0 N–H and O–H groups in total. The normalized spacial score (nSPS) is 15.8. The number of benzene rings is 2. The maximum absolute atomic E-state index is 13.0. The van der Waals surface area contributed by atoms with Crippen LogP contribution in [0.4, 0.5) is 0 Å². The average molecular weight is 551 g/mol. The minimum atomic E-state index is -0.843. The second-order valence-corrected chi connectivity index (χ2v) is 10.3. The summed E-state index contributed by atoms with van der Waals surface area (Å²) in [6.07, 6.45) is -0.843. The summed E-state index contributed by atoms with van der Waals surface area (Å²) in [5.41, 5.74) is 0.753. The maximum atomic E-state index is 13.0. The van der Waals surface area contributed by atoms with E-state index < -0.39 is 47.7 Å². The van der Waals surface area contributed by atoms with E-state index >= 15 is 0 Å². The van der Waals surface area contributed by atoms with Crippen LogP contribution in [-0.2, 0) is 14.2 Å². The molecule has 0 aliphatic carbocycles. The van der Waals surface area contributed by atoms with Gasteiger partial charge in [0.1, 0.15) is 12.7 Å². The van der Waals surface area contributed by atoms with E-state index in [1.807, 2.05) is 13.8 Å². The van der Waals surface area contributed by atoms with E-state index in [2.05, 4.69) is 0 Å². The van der Waals surface area contributed by atoms with E-state index in [-0.39, 0.29) is 46.6 Å². The highest BCUT2D eigenvalue weighted by atomic mass is 16.6. The molecule has 2 aromatic rings. The van der Waals surface area contributed by atoms with Gasteiger partial charge in [0.15, 0.2) is 0 Å². The van der Waals surface area contributed by atoms with Crippen molar-refractivity contribution in [3.63, 3.8) is 0 Å². The van der Waals surface area contributed by atoms with Gasteiger partial charge in [-0.25, -0.2) is 9.59 Å². The molecule has 4 rings (SSSR count). The molecule has 4 amide bonds. The quantitative estimate of drug-likeness (QED) is 0.323. The molecular weight excluding hydrogens is 520 g/mol. The van der Waals surface area contributed by atoms with Gasteiger partial charge in [0.25, 0.3) is 23.6 Å². The van der Waals surface area contributed by atoms with Crippen molar-refractivity contribution in [2.24, 2.45) is 5.92 Å². The van der Waals surface area contributed by atoms with Crippen LogP contribution in [0.5, 0.6) is 0 Å². The van der Waals surface area contributed by atoms with Gasteiger partial charge in [0.05, 0.1) is 46.0 Å². The Bertz CT molecular complexity index is 1410. The minimum absolute atomic E-state index is 0.0647. The van der Waals surface area contributed by atoms with Crippen molar-refractivity contribution in [1.29, 1.82) is 0 Å². The van der Waals surface area contributed by atoms with Gasteiger partial charge in [-0.3, -0.25) is 29.0 Å². The summed E-state index contributed by atoms with van der Waals surface area (Å²) >= 11 is 0. The fraction of sp³-hybridized carbons (Fsp3) is 0.379. The summed E-state index contributed by atoms with van der Waals surface area (Å²) in [5.74, 6) is -3.13. The first-order chi connectivity index (χ1) is 18.9. The van der Waals surface area contributed by atoms with Crippen molar-refractivity contribution in [2.75, 3.05) is 26.9 Å². The molecule has 0 spiro atoms. The molecule has 2 unspecified atom stereocenters. The largest absolute Gasteiger partial charge is 0.458 e. The fourth-order valence-electron chi connectivity index (χ4n) is 4.38. The second kappa shape index (κ2) is 11.4. The zero-order valence-corrected chi connectivity index (χ0v) is 22.9. The standard InChI is InChI=1S/C29H30N2O9/c1-15(2)12-38-13-16(3)31-26(34)21-9-6-18(10-23(21)27(31)35)28(36)39-14-17(4)40-29(37)19-7-8-20-22(11-19)25(33)30(5)24(20)32/h6-11,15-17H,12-14H2,1-5H3. The Balaban J connectivity index is 1.34. The molecule has 11 nitrogen and oxygen atoms in total. The number of carbonyl (C=O) groups excluding carboxylic acids is 6. The van der Waals surface area contributed by atoms with Crippen molar-refractivity contribution in [2.45, 2.75) is 39.8 Å². The van der Waals surface area contributed by atoms with Crippen LogP contribution >= 0.6 is 0 Å². The molecule has 11 heteroatoms. The molecule has 0 radical (unpaired) electrons. The summed E-state index contributed by atoms with van der Waals surface area (Å²) in [4.78, 5) is 77.3. The zero-order chi connectivity index (χ0) is 29.3. The number of rotatable bonds is 10. The highest BCUT2D eigenvalue weighted by molar-refractivity contribution is 6.22. The molecule has 210 valence electrons. The predicted molar refractivity (Wildman–Crippen MR) is 140 cm³/mol. The van der Waals surface area contributed by atoms with Crippen LogP contribution in [0.2, 0.25) is 0 Å². The molecule has 2 aliphatic heterocycles. The first-order valence-electron chi connectivity index (χ1n) is 12.8. The van der Waals surface area contributed by atoms with Crippen LogP contribution in [0.25, 0.3) is 0 Å². The molecule has 0 saturated carbocycles. The molecular formula is C29H30N2O9. The first-order valence-corrected chi connectivity index (χ1v) is 12.8. The highest BCUT2D eigenvalue weighted by Gasteiger charge is 2.39. The lowest BCUT2D eigenvalue weighted by atomic mass is 10.1. The minimum Gasteiger partial charge on any atom is -0.458 e. The van der Waals surface area contributed by atoms with Gasteiger partial charge in [-0.05, 0) is 56.2 Å². The third-order valence-electron chi connectivity index (χ3n) is 6.49. The maximum Gasteiger partial charge on any atom is 0.338 e. The Hall–Kier alpha value is -4.38. The van der Waals surface area contributed by atoms with Crippen molar-refractivity contribution < 1.29 is 43.0 Å². The molecule has 0 saturated heterocycles. The number of nitrogens with zero attached hydrogens (tertiary/aromatic N) is 2. The van der Waals surface area contributed by atoms with Crippen molar-refractivity contribution >= 4 is 35.6 Å². The lowest BCUT2D eigenvalue weighted by molar-refractivity contribution is 0.00447. The van der Waals surface area contributed by atoms with Gasteiger partial charge in [-0.15, -0.1) is 0 Å². The Morgan fingerprint density at radius 3 is 1.85 bits per heavy atom. The van der Waals surface area contributed by atoms with E-state index in [4.69, 9.17) is 14.2 Å². The van der Waals surface area contributed by atoms with Gasteiger partial charge in [-0.1, -0.05) is 13.8 Å². The van der Waals surface area contributed by atoms with Crippen LogP contribution in [0.1, 0.15) is 89.8 Å². The van der Waals surface area contributed by atoms with Crippen LogP contribution in [-0.4, -0.2) is 84.4 Å². The van der Waals surface area contributed by atoms with Crippen LogP contribution in [0.3, 0.4) is 0 Å². The smallest absolute Gasteiger partial charge is 0.338 e.